The van der Waals surface area contributed by atoms with Crippen LogP contribution in [0.5, 0.6) is 0 Å². The Bertz CT molecular complexity index is 498. The second-order valence-corrected chi connectivity index (χ2v) is 6.57. The molecule has 0 aliphatic heterocycles. The summed E-state index contributed by atoms with van der Waals surface area (Å²) in [6.07, 6.45) is 3.70. The molecule has 5 heteroatoms. The van der Waals surface area contributed by atoms with E-state index in [1.165, 1.54) is 6.20 Å². The SMILES string of the molecule is CC(C)CN(C(=O)c1nc(C(C)C)ncc1Cl)C1CC1. The number of aromatic nitrogens is 2. The van der Waals surface area contributed by atoms with Crippen molar-refractivity contribution in [2.45, 2.75) is 52.5 Å². The molecule has 1 amide bonds. The summed E-state index contributed by atoms with van der Waals surface area (Å²) in [5, 5.41) is 0.341. The van der Waals surface area contributed by atoms with Crippen molar-refractivity contribution in [3.63, 3.8) is 0 Å². The predicted octanol–water partition coefficient (Wildman–Crippen LogP) is 3.51. The number of hydrogen-bond donors (Lipinski definition) is 0. The third kappa shape index (κ3) is 3.48. The number of halogens is 1. The third-order valence-electron chi connectivity index (χ3n) is 3.29. The number of carbonyl (C=O) groups is 1. The minimum absolute atomic E-state index is 0.0597. The maximum Gasteiger partial charge on any atom is 0.274 e. The lowest BCUT2D eigenvalue weighted by Gasteiger charge is -2.24. The van der Waals surface area contributed by atoms with Crippen molar-refractivity contribution in [3.05, 3.63) is 22.7 Å². The highest BCUT2D eigenvalue weighted by atomic mass is 35.5. The van der Waals surface area contributed by atoms with E-state index in [1.54, 1.807) is 0 Å². The number of hydrogen-bond acceptors (Lipinski definition) is 3. The third-order valence-corrected chi connectivity index (χ3v) is 3.57. The Hall–Kier alpha value is -1.16. The molecule has 0 spiro atoms. The molecule has 1 aromatic rings. The first-order valence-corrected chi connectivity index (χ1v) is 7.61. The van der Waals surface area contributed by atoms with Gasteiger partial charge in [0.1, 0.15) is 5.82 Å². The second kappa shape index (κ2) is 6.08. The monoisotopic (exact) mass is 295 g/mol. The quantitative estimate of drug-likeness (QED) is 0.835. The molecule has 0 N–H and O–H groups in total. The average Bonchev–Trinajstić information content (AvgIpc) is 3.19. The van der Waals surface area contributed by atoms with E-state index in [2.05, 4.69) is 23.8 Å². The van der Waals surface area contributed by atoms with Crippen LogP contribution in [0.15, 0.2) is 6.20 Å². The molecule has 0 radical (unpaired) electrons. The first-order chi connectivity index (χ1) is 9.40. The van der Waals surface area contributed by atoms with Gasteiger partial charge >= 0.3 is 0 Å². The van der Waals surface area contributed by atoms with Crippen LogP contribution in [-0.2, 0) is 0 Å². The van der Waals surface area contributed by atoms with Crippen molar-refractivity contribution in [3.8, 4) is 0 Å². The maximum absolute atomic E-state index is 12.7. The van der Waals surface area contributed by atoms with Crippen LogP contribution in [0.25, 0.3) is 0 Å². The molecule has 110 valence electrons. The summed E-state index contributed by atoms with van der Waals surface area (Å²) >= 11 is 6.13. The Kier molecular flexibility index (Phi) is 4.63. The van der Waals surface area contributed by atoms with Crippen LogP contribution in [0.1, 0.15) is 62.8 Å². The van der Waals surface area contributed by atoms with Gasteiger partial charge in [0.15, 0.2) is 5.69 Å². The first kappa shape index (κ1) is 15.2. The van der Waals surface area contributed by atoms with Gasteiger partial charge in [0.05, 0.1) is 11.2 Å². The van der Waals surface area contributed by atoms with Crippen LogP contribution >= 0.6 is 11.6 Å². The van der Waals surface area contributed by atoms with Crippen molar-refractivity contribution in [1.29, 1.82) is 0 Å². The van der Waals surface area contributed by atoms with E-state index in [0.29, 0.717) is 28.5 Å². The van der Waals surface area contributed by atoms with E-state index >= 15 is 0 Å². The fourth-order valence-corrected chi connectivity index (χ4v) is 2.29. The van der Waals surface area contributed by atoms with Gasteiger partial charge < -0.3 is 4.90 Å². The zero-order chi connectivity index (χ0) is 14.9. The van der Waals surface area contributed by atoms with Gasteiger partial charge in [0.2, 0.25) is 0 Å². The van der Waals surface area contributed by atoms with Crippen LogP contribution in [0.2, 0.25) is 5.02 Å². The summed E-state index contributed by atoms with van der Waals surface area (Å²) < 4.78 is 0. The number of nitrogens with zero attached hydrogens (tertiary/aromatic N) is 3. The molecule has 0 aromatic carbocycles. The van der Waals surface area contributed by atoms with Crippen LogP contribution in [-0.4, -0.2) is 33.4 Å². The highest BCUT2D eigenvalue weighted by Gasteiger charge is 2.34. The van der Waals surface area contributed by atoms with Gasteiger partial charge in [-0.15, -0.1) is 0 Å². The maximum atomic E-state index is 12.7. The molecule has 0 unspecified atom stereocenters. The highest BCUT2D eigenvalue weighted by Crippen LogP contribution is 2.30. The van der Waals surface area contributed by atoms with Gasteiger partial charge in [-0.25, -0.2) is 9.97 Å². The number of rotatable bonds is 5. The Morgan fingerprint density at radius 3 is 2.55 bits per heavy atom. The molecular formula is C15H22ClN3O. The molecule has 2 rings (SSSR count). The summed E-state index contributed by atoms with van der Waals surface area (Å²) in [5.41, 5.74) is 0.345. The van der Waals surface area contributed by atoms with Gasteiger partial charge in [0, 0.05) is 18.5 Å². The molecule has 1 aromatic heterocycles. The lowest BCUT2D eigenvalue weighted by Crippen LogP contribution is -2.37. The summed E-state index contributed by atoms with van der Waals surface area (Å²) in [5.74, 6) is 1.22. The summed E-state index contributed by atoms with van der Waals surface area (Å²) in [6.45, 7) is 8.99. The smallest absolute Gasteiger partial charge is 0.274 e. The number of amides is 1. The van der Waals surface area contributed by atoms with E-state index < -0.39 is 0 Å². The summed E-state index contributed by atoms with van der Waals surface area (Å²) in [4.78, 5) is 23.2. The molecule has 1 aliphatic carbocycles. The van der Waals surface area contributed by atoms with Gasteiger partial charge in [0.25, 0.3) is 5.91 Å². The topological polar surface area (TPSA) is 46.1 Å². The Morgan fingerprint density at radius 1 is 1.40 bits per heavy atom. The van der Waals surface area contributed by atoms with Crippen LogP contribution in [0.4, 0.5) is 0 Å². The molecule has 0 atom stereocenters. The van der Waals surface area contributed by atoms with Gasteiger partial charge in [-0.05, 0) is 18.8 Å². The second-order valence-electron chi connectivity index (χ2n) is 6.16. The first-order valence-electron chi connectivity index (χ1n) is 7.23. The van der Waals surface area contributed by atoms with Crippen LogP contribution in [0, 0.1) is 5.92 Å². The molecule has 1 saturated carbocycles. The van der Waals surface area contributed by atoms with Crippen molar-refractivity contribution in [2.75, 3.05) is 6.54 Å². The lowest BCUT2D eigenvalue weighted by molar-refractivity contribution is 0.0716. The van der Waals surface area contributed by atoms with E-state index in [1.807, 2.05) is 18.7 Å². The normalized spacial score (nSPS) is 14.9. The largest absolute Gasteiger partial charge is 0.334 e. The van der Waals surface area contributed by atoms with E-state index in [0.717, 1.165) is 19.4 Å². The van der Waals surface area contributed by atoms with Gasteiger partial charge in [-0.2, -0.15) is 0 Å². The lowest BCUT2D eigenvalue weighted by atomic mass is 10.2. The van der Waals surface area contributed by atoms with Crippen molar-refractivity contribution in [1.82, 2.24) is 14.9 Å². The number of carbonyl (C=O) groups excluding carboxylic acids is 1. The minimum Gasteiger partial charge on any atom is -0.334 e. The minimum atomic E-state index is -0.0597. The Balaban J connectivity index is 2.28. The fourth-order valence-electron chi connectivity index (χ4n) is 2.12. The average molecular weight is 296 g/mol. The predicted molar refractivity (Wildman–Crippen MR) is 80.0 cm³/mol. The van der Waals surface area contributed by atoms with Crippen molar-refractivity contribution >= 4 is 17.5 Å². The van der Waals surface area contributed by atoms with E-state index in [-0.39, 0.29) is 11.8 Å². The standard InChI is InChI=1S/C15H22ClN3O/c1-9(2)8-19(11-5-6-11)15(20)13-12(16)7-17-14(18-13)10(3)4/h7,9-11H,5-6,8H2,1-4H3. The van der Waals surface area contributed by atoms with Gasteiger partial charge in [-0.1, -0.05) is 39.3 Å². The van der Waals surface area contributed by atoms with E-state index in [9.17, 15) is 4.79 Å². The molecule has 1 heterocycles. The van der Waals surface area contributed by atoms with Crippen LogP contribution in [0.3, 0.4) is 0 Å². The van der Waals surface area contributed by atoms with Crippen LogP contribution < -0.4 is 0 Å². The van der Waals surface area contributed by atoms with Crippen molar-refractivity contribution in [2.24, 2.45) is 5.92 Å². The van der Waals surface area contributed by atoms with E-state index in [4.69, 9.17) is 11.6 Å². The molecular weight excluding hydrogens is 274 g/mol. The molecule has 4 nitrogen and oxygen atoms in total. The molecule has 1 aliphatic rings. The molecule has 1 fully saturated rings. The summed E-state index contributed by atoms with van der Waals surface area (Å²) in [7, 11) is 0. The van der Waals surface area contributed by atoms with Crippen molar-refractivity contribution < 1.29 is 4.79 Å². The molecule has 20 heavy (non-hydrogen) atoms. The Labute approximate surface area is 125 Å². The molecule has 0 saturated heterocycles. The summed E-state index contributed by atoms with van der Waals surface area (Å²) in [6, 6.07) is 0.360. The highest BCUT2D eigenvalue weighted by molar-refractivity contribution is 6.33. The zero-order valence-corrected chi connectivity index (χ0v) is 13.3. The Morgan fingerprint density at radius 2 is 2.05 bits per heavy atom. The fraction of sp³-hybridized carbons (Fsp3) is 0.667. The molecule has 0 bridgehead atoms. The zero-order valence-electron chi connectivity index (χ0n) is 12.6. The van der Waals surface area contributed by atoms with Gasteiger partial charge in [-0.3, -0.25) is 4.79 Å².